The minimum absolute atomic E-state index is 0. The molecule has 0 spiro atoms. The van der Waals surface area contributed by atoms with E-state index in [4.69, 9.17) is 0 Å². The topological polar surface area (TPSA) is 80.3 Å². The summed E-state index contributed by atoms with van der Waals surface area (Å²) in [7, 11) is 4.45. The van der Waals surface area contributed by atoms with Crippen molar-refractivity contribution in [3.63, 3.8) is 0 Å². The van der Waals surface area contributed by atoms with Crippen molar-refractivity contribution in [2.24, 2.45) is 0 Å². The van der Waals surface area contributed by atoms with E-state index in [1.54, 1.807) is 0 Å². The van der Waals surface area contributed by atoms with Crippen LogP contribution in [0.15, 0.2) is 0 Å². The van der Waals surface area contributed by atoms with Crippen LogP contribution in [0.5, 0.6) is 0 Å². The number of carbonyl (C=O) groups excluding carboxylic acids is 2. The van der Waals surface area contributed by atoms with E-state index in [1.165, 1.54) is 25.7 Å². The van der Waals surface area contributed by atoms with Crippen LogP contribution in [0, 0.1) is 0 Å². The molecule has 0 amide bonds. The molecule has 0 unspecified atom stereocenters. The minimum Gasteiger partial charge on any atom is 2.00 e. The second kappa shape index (κ2) is 30.5. The first-order chi connectivity index (χ1) is 10.5. The van der Waals surface area contributed by atoms with Gasteiger partial charge in [0, 0.05) is 11.9 Å². The molecular formula is C16H30AgClO4Zn. The summed E-state index contributed by atoms with van der Waals surface area (Å²) in [6, 6.07) is 0. The molecule has 0 saturated carbocycles. The molecule has 0 atom stereocenters. The molecule has 0 aromatic rings. The molecule has 0 rings (SSSR count). The molecule has 0 aliphatic carbocycles. The number of carboxylic acids is 2. The van der Waals surface area contributed by atoms with Gasteiger partial charge in [-0.25, -0.2) is 0 Å². The van der Waals surface area contributed by atoms with Crippen LogP contribution in [-0.4, -0.2) is 11.9 Å². The van der Waals surface area contributed by atoms with E-state index >= 15 is 0 Å². The summed E-state index contributed by atoms with van der Waals surface area (Å²) < 4.78 is 0. The van der Waals surface area contributed by atoms with Gasteiger partial charge in [-0.2, -0.15) is 0 Å². The summed E-state index contributed by atoms with van der Waals surface area (Å²) in [4.78, 5) is 19.8. The number of aliphatic carboxylic acids is 2. The van der Waals surface area contributed by atoms with Gasteiger partial charge in [-0.1, -0.05) is 65.2 Å². The van der Waals surface area contributed by atoms with Gasteiger partial charge in [-0.15, -0.1) is 0 Å². The fourth-order valence-electron chi connectivity index (χ4n) is 1.75. The Balaban J connectivity index is -0.000000136. The van der Waals surface area contributed by atoms with Gasteiger partial charge in [-0.05, 0) is 25.7 Å². The van der Waals surface area contributed by atoms with Gasteiger partial charge in [0.1, 0.15) is 0 Å². The fourth-order valence-corrected chi connectivity index (χ4v) is 1.75. The number of hydrogen-bond acceptors (Lipinski definition) is 4. The van der Waals surface area contributed by atoms with Crippen molar-refractivity contribution >= 4 is 21.1 Å². The first-order valence-corrected chi connectivity index (χ1v) is 9.96. The zero-order valence-electron chi connectivity index (χ0n) is 14.5. The van der Waals surface area contributed by atoms with E-state index < -0.39 is 11.9 Å². The molecule has 0 aromatic carbocycles. The summed E-state index contributed by atoms with van der Waals surface area (Å²) in [5, 5.41) is 19.8. The van der Waals surface area contributed by atoms with Crippen LogP contribution in [0.2, 0.25) is 0 Å². The van der Waals surface area contributed by atoms with Gasteiger partial charge in [0.05, 0.1) is 0 Å². The van der Waals surface area contributed by atoms with Crippen LogP contribution in [0.4, 0.5) is 0 Å². The van der Waals surface area contributed by atoms with Crippen LogP contribution >= 0.6 is 9.19 Å². The molecule has 23 heavy (non-hydrogen) atoms. The number of rotatable bonds is 12. The minimum atomic E-state index is -0.920. The third-order valence-electron chi connectivity index (χ3n) is 2.97. The Morgan fingerprint density at radius 3 is 1.17 bits per heavy atom. The number of unbranched alkanes of at least 4 members (excludes halogenated alkanes) is 8. The Labute approximate surface area is 170 Å². The van der Waals surface area contributed by atoms with Crippen molar-refractivity contribution in [1.82, 2.24) is 0 Å². The maximum Gasteiger partial charge on any atom is 2.00 e. The summed E-state index contributed by atoms with van der Waals surface area (Å²) in [5.74, 6) is -1.84. The molecule has 0 saturated heterocycles. The fraction of sp³-hybridized carbons (Fsp3) is 0.875. The standard InChI is InChI=1S/2C8H16O2.Ag.ClH.Zn/c2*1-2-3-4-5-6-7-8(9)10;;;/h2*2-7H2,1H3,(H,9,10);;1H;/q;;+1;;+2/p-3. The smallest absolute Gasteiger partial charge is 2.00 e. The van der Waals surface area contributed by atoms with Gasteiger partial charge in [0.25, 0.3) is 0 Å². The molecule has 0 aliphatic rings. The zero-order chi connectivity index (χ0) is 17.6. The second-order valence-corrected chi connectivity index (χ2v) is 5.07. The maximum atomic E-state index is 9.92. The van der Waals surface area contributed by atoms with E-state index in [0.717, 1.165) is 38.5 Å². The van der Waals surface area contributed by atoms with Gasteiger partial charge in [0.15, 0.2) is 0 Å². The molecule has 7 heteroatoms. The van der Waals surface area contributed by atoms with Crippen molar-refractivity contribution in [2.75, 3.05) is 0 Å². The zero-order valence-corrected chi connectivity index (χ0v) is 19.7. The Bertz CT molecular complexity index is 220. The van der Waals surface area contributed by atoms with Gasteiger partial charge in [0.2, 0.25) is 0 Å². The van der Waals surface area contributed by atoms with E-state index in [2.05, 4.69) is 43.0 Å². The molecular weight excluding hydrogens is 465 g/mol. The molecule has 0 radical (unpaired) electrons. The number of halogens is 1. The Kier molecular flexibility index (Phi) is 41.6. The molecule has 4 nitrogen and oxygen atoms in total. The summed E-state index contributed by atoms with van der Waals surface area (Å²) in [6.07, 6.45) is 11.2. The van der Waals surface area contributed by atoms with Crippen molar-refractivity contribution in [3.05, 3.63) is 0 Å². The summed E-state index contributed by atoms with van der Waals surface area (Å²) >= 11 is 2.42. The largest absolute Gasteiger partial charge is 2.00 e. The number of carbonyl (C=O) groups is 2. The molecule has 138 valence electrons. The third-order valence-corrected chi connectivity index (χ3v) is 2.97. The average molecular weight is 495 g/mol. The summed E-state index contributed by atoms with van der Waals surface area (Å²) in [6.45, 7) is 4.28. The number of carboxylic acid groups (broad SMARTS) is 2. The Hall–Kier alpha value is 0.594. The molecule has 0 aromatic heterocycles. The molecule has 0 N–H and O–H groups in total. The van der Waals surface area contributed by atoms with Crippen molar-refractivity contribution in [1.29, 1.82) is 0 Å². The second-order valence-electron chi connectivity index (χ2n) is 5.07. The van der Waals surface area contributed by atoms with E-state index in [9.17, 15) is 19.8 Å². The van der Waals surface area contributed by atoms with Gasteiger partial charge < -0.3 is 19.8 Å². The van der Waals surface area contributed by atoms with Gasteiger partial charge in [-0.3, -0.25) is 0 Å². The van der Waals surface area contributed by atoms with Gasteiger partial charge >= 0.3 is 48.7 Å². The van der Waals surface area contributed by atoms with Crippen molar-refractivity contribution in [2.45, 2.75) is 90.9 Å². The number of hydrogen-bond donors (Lipinski definition) is 0. The SMILES string of the molecule is CCCCCCCC(=O)[O-].CCCCCCCC(=O)[O-].[Cl][Ag].[Zn+2]. The average Bonchev–Trinajstić information content (AvgIpc) is 2.49. The van der Waals surface area contributed by atoms with E-state index in [0.29, 0.717) is 0 Å². The van der Waals surface area contributed by atoms with Crippen LogP contribution in [-0.2, 0) is 49.1 Å². The summed E-state index contributed by atoms with van der Waals surface area (Å²) in [5.41, 5.74) is 0. The van der Waals surface area contributed by atoms with Crippen LogP contribution in [0.3, 0.4) is 0 Å². The predicted molar refractivity (Wildman–Crippen MR) is 82.6 cm³/mol. The maximum absolute atomic E-state index is 9.92. The molecule has 0 heterocycles. The Morgan fingerprint density at radius 2 is 0.957 bits per heavy atom. The molecule has 0 fully saturated rings. The first kappa shape index (κ1) is 31.4. The monoisotopic (exact) mass is 492 g/mol. The molecule has 0 aliphatic heterocycles. The van der Waals surface area contributed by atoms with Crippen LogP contribution < -0.4 is 10.2 Å². The van der Waals surface area contributed by atoms with Crippen molar-refractivity contribution < 1.29 is 59.3 Å². The van der Waals surface area contributed by atoms with Crippen molar-refractivity contribution in [3.8, 4) is 0 Å². The third kappa shape index (κ3) is 45.0. The van der Waals surface area contributed by atoms with E-state index in [-0.39, 0.29) is 32.3 Å². The Morgan fingerprint density at radius 1 is 0.696 bits per heavy atom. The normalized spacial score (nSPS) is 8.74. The van der Waals surface area contributed by atoms with Crippen LogP contribution in [0.1, 0.15) is 90.9 Å². The van der Waals surface area contributed by atoms with E-state index in [1.807, 2.05) is 0 Å². The quantitative estimate of drug-likeness (QED) is 0.308. The van der Waals surface area contributed by atoms with Crippen LogP contribution in [0.25, 0.3) is 0 Å². The molecule has 0 bridgehead atoms. The predicted octanol–water partition coefficient (Wildman–Crippen LogP) is 2.88. The first-order valence-electron chi connectivity index (χ1n) is 8.05.